The Bertz CT molecular complexity index is 415. The molecule has 0 atom stereocenters. The zero-order valence-corrected chi connectivity index (χ0v) is 10.1. The molecular formula is C9H17N3O2S. The van der Waals surface area contributed by atoms with Crippen LogP contribution in [0.25, 0.3) is 0 Å². The smallest absolute Gasteiger partial charge is 0.154 e. The van der Waals surface area contributed by atoms with Crippen LogP contribution < -0.4 is 5.73 Å². The minimum absolute atomic E-state index is 0.102. The molecule has 0 aliphatic carbocycles. The van der Waals surface area contributed by atoms with E-state index in [0.29, 0.717) is 12.4 Å². The van der Waals surface area contributed by atoms with E-state index in [1.165, 1.54) is 0 Å². The summed E-state index contributed by atoms with van der Waals surface area (Å²) < 4.78 is 24.6. The van der Waals surface area contributed by atoms with Crippen LogP contribution in [0.2, 0.25) is 0 Å². The fraction of sp³-hybridized carbons (Fsp3) is 0.667. The molecule has 0 amide bonds. The molecule has 5 nitrogen and oxygen atoms in total. The average molecular weight is 231 g/mol. The van der Waals surface area contributed by atoms with Gasteiger partial charge < -0.3 is 5.73 Å². The lowest BCUT2D eigenvalue weighted by molar-refractivity contribution is 0.573. The van der Waals surface area contributed by atoms with Gasteiger partial charge in [-0.3, -0.25) is 4.68 Å². The molecule has 0 radical (unpaired) electrons. The molecule has 1 rings (SSSR count). The van der Waals surface area contributed by atoms with Crippen LogP contribution in [0.1, 0.15) is 19.4 Å². The van der Waals surface area contributed by atoms with Gasteiger partial charge in [0.1, 0.15) is 5.82 Å². The number of hydrogen-bond donors (Lipinski definition) is 1. The van der Waals surface area contributed by atoms with Crippen molar-refractivity contribution in [2.45, 2.75) is 32.6 Å². The molecule has 0 unspecified atom stereocenters. The van der Waals surface area contributed by atoms with E-state index in [2.05, 4.69) is 5.10 Å². The summed E-state index contributed by atoms with van der Waals surface area (Å²) in [6.45, 7) is 5.56. The van der Waals surface area contributed by atoms with Crippen LogP contribution in [0.3, 0.4) is 0 Å². The van der Waals surface area contributed by atoms with E-state index in [0.717, 1.165) is 5.56 Å². The lowest BCUT2D eigenvalue weighted by atomic mass is 10.4. The summed E-state index contributed by atoms with van der Waals surface area (Å²) in [5.74, 6) is 0.558. The topological polar surface area (TPSA) is 78.0 Å². The lowest BCUT2D eigenvalue weighted by Gasteiger charge is -2.07. The standard InChI is InChI=1S/C9H17N3O2S/c1-7(2)15(13,14)5-4-12-6-8(3)9(10)11-12/h6-7H,4-5H2,1-3H3,(H2,10,11). The molecule has 1 heterocycles. The van der Waals surface area contributed by atoms with E-state index >= 15 is 0 Å². The Kier molecular flexibility index (Phi) is 3.38. The summed E-state index contributed by atoms with van der Waals surface area (Å²) in [6.07, 6.45) is 1.76. The zero-order valence-electron chi connectivity index (χ0n) is 9.27. The first-order valence-electron chi connectivity index (χ1n) is 4.84. The second-order valence-corrected chi connectivity index (χ2v) is 6.55. The SMILES string of the molecule is Cc1cn(CCS(=O)(=O)C(C)C)nc1N. The van der Waals surface area contributed by atoms with Gasteiger partial charge in [0.2, 0.25) is 0 Å². The molecule has 86 valence electrons. The number of sulfone groups is 1. The molecule has 0 spiro atoms. The molecule has 15 heavy (non-hydrogen) atoms. The summed E-state index contributed by atoms with van der Waals surface area (Å²) in [5, 5.41) is 3.66. The van der Waals surface area contributed by atoms with Crippen molar-refractivity contribution in [3.05, 3.63) is 11.8 Å². The van der Waals surface area contributed by atoms with Gasteiger partial charge in [0.25, 0.3) is 0 Å². The highest BCUT2D eigenvalue weighted by Crippen LogP contribution is 2.07. The van der Waals surface area contributed by atoms with Crippen molar-refractivity contribution >= 4 is 15.7 Å². The van der Waals surface area contributed by atoms with Crippen LogP contribution in [-0.4, -0.2) is 29.2 Å². The molecule has 0 fully saturated rings. The monoisotopic (exact) mass is 231 g/mol. The molecule has 0 saturated carbocycles. The third-order valence-corrected chi connectivity index (χ3v) is 4.49. The van der Waals surface area contributed by atoms with E-state index in [-0.39, 0.29) is 11.0 Å². The highest BCUT2D eigenvalue weighted by Gasteiger charge is 2.16. The molecule has 2 N–H and O–H groups in total. The fourth-order valence-electron chi connectivity index (χ4n) is 1.11. The van der Waals surface area contributed by atoms with E-state index < -0.39 is 9.84 Å². The van der Waals surface area contributed by atoms with Gasteiger partial charge in [0, 0.05) is 11.8 Å². The highest BCUT2D eigenvalue weighted by atomic mass is 32.2. The first-order chi connectivity index (χ1) is 6.83. The van der Waals surface area contributed by atoms with E-state index in [9.17, 15) is 8.42 Å². The molecule has 1 aromatic heterocycles. The number of anilines is 1. The predicted octanol–water partition coefficient (Wildman–Crippen LogP) is 0.597. The van der Waals surface area contributed by atoms with Crippen LogP contribution in [0.4, 0.5) is 5.82 Å². The van der Waals surface area contributed by atoms with Gasteiger partial charge in [-0.15, -0.1) is 0 Å². The Hall–Kier alpha value is -1.04. The van der Waals surface area contributed by atoms with Gasteiger partial charge >= 0.3 is 0 Å². The predicted molar refractivity (Wildman–Crippen MR) is 60.3 cm³/mol. The van der Waals surface area contributed by atoms with E-state index in [4.69, 9.17) is 5.73 Å². The van der Waals surface area contributed by atoms with Gasteiger partial charge in [0.05, 0.1) is 17.5 Å². The maximum atomic E-state index is 11.5. The first kappa shape index (κ1) is 12.0. The quantitative estimate of drug-likeness (QED) is 0.823. The number of rotatable bonds is 4. The van der Waals surface area contributed by atoms with E-state index in [1.54, 1.807) is 24.7 Å². The van der Waals surface area contributed by atoms with E-state index in [1.807, 2.05) is 6.92 Å². The Labute approximate surface area is 90.2 Å². The third kappa shape index (κ3) is 2.95. The number of nitrogens with zero attached hydrogens (tertiary/aromatic N) is 2. The molecular weight excluding hydrogens is 214 g/mol. The average Bonchev–Trinajstić information content (AvgIpc) is 2.43. The number of hydrogen-bond acceptors (Lipinski definition) is 4. The van der Waals surface area contributed by atoms with Gasteiger partial charge in [-0.1, -0.05) is 0 Å². The summed E-state index contributed by atoms with van der Waals surface area (Å²) in [6, 6.07) is 0. The third-order valence-electron chi connectivity index (χ3n) is 2.31. The van der Waals surface area contributed by atoms with Crippen molar-refractivity contribution in [3.63, 3.8) is 0 Å². The fourth-order valence-corrected chi connectivity index (χ4v) is 2.02. The number of aryl methyl sites for hydroxylation is 2. The van der Waals surface area contributed by atoms with Gasteiger partial charge in [-0.05, 0) is 20.8 Å². The van der Waals surface area contributed by atoms with Crippen LogP contribution in [0.5, 0.6) is 0 Å². The molecule has 1 aromatic rings. The maximum absolute atomic E-state index is 11.5. The molecule has 0 bridgehead atoms. The number of nitrogen functional groups attached to an aromatic ring is 1. The second kappa shape index (κ2) is 4.22. The van der Waals surface area contributed by atoms with Crippen LogP contribution in [0, 0.1) is 6.92 Å². The lowest BCUT2D eigenvalue weighted by Crippen LogP contribution is -2.21. The van der Waals surface area contributed by atoms with Crippen molar-refractivity contribution in [2.24, 2.45) is 0 Å². The van der Waals surface area contributed by atoms with Crippen LogP contribution in [-0.2, 0) is 16.4 Å². The number of nitrogens with two attached hydrogens (primary N) is 1. The summed E-state index contributed by atoms with van der Waals surface area (Å²) >= 11 is 0. The van der Waals surface area contributed by atoms with Gasteiger partial charge in [-0.2, -0.15) is 5.10 Å². The minimum Gasteiger partial charge on any atom is -0.382 e. The Morgan fingerprint density at radius 2 is 2.13 bits per heavy atom. The summed E-state index contributed by atoms with van der Waals surface area (Å²) in [7, 11) is -3.00. The van der Waals surface area contributed by atoms with Crippen molar-refractivity contribution in [2.75, 3.05) is 11.5 Å². The maximum Gasteiger partial charge on any atom is 0.154 e. The molecule has 6 heteroatoms. The summed E-state index contributed by atoms with van der Waals surface area (Å²) in [4.78, 5) is 0. The highest BCUT2D eigenvalue weighted by molar-refractivity contribution is 7.91. The van der Waals surface area contributed by atoms with Crippen LogP contribution >= 0.6 is 0 Å². The second-order valence-electron chi connectivity index (χ2n) is 3.88. The van der Waals surface area contributed by atoms with Gasteiger partial charge in [-0.25, -0.2) is 8.42 Å². The van der Waals surface area contributed by atoms with Crippen molar-refractivity contribution in [3.8, 4) is 0 Å². The normalized spacial score (nSPS) is 12.3. The zero-order chi connectivity index (χ0) is 11.6. The summed E-state index contributed by atoms with van der Waals surface area (Å²) in [5.41, 5.74) is 6.43. The minimum atomic E-state index is -3.00. The number of aromatic nitrogens is 2. The first-order valence-corrected chi connectivity index (χ1v) is 6.55. The van der Waals surface area contributed by atoms with Crippen molar-refractivity contribution in [1.82, 2.24) is 9.78 Å². The largest absolute Gasteiger partial charge is 0.382 e. The Balaban J connectivity index is 2.66. The van der Waals surface area contributed by atoms with Crippen LogP contribution in [0.15, 0.2) is 6.20 Å². The molecule has 0 saturated heterocycles. The van der Waals surface area contributed by atoms with Crippen molar-refractivity contribution in [1.29, 1.82) is 0 Å². The van der Waals surface area contributed by atoms with Gasteiger partial charge in [0.15, 0.2) is 9.84 Å². The Morgan fingerprint density at radius 1 is 1.53 bits per heavy atom. The molecule has 0 aliphatic rings. The molecule has 0 aliphatic heterocycles. The van der Waals surface area contributed by atoms with Crippen molar-refractivity contribution < 1.29 is 8.42 Å². The Morgan fingerprint density at radius 3 is 2.53 bits per heavy atom. The molecule has 0 aromatic carbocycles.